The van der Waals surface area contributed by atoms with Crippen LogP contribution in [0.25, 0.3) is 21.5 Å². The fourth-order valence-corrected chi connectivity index (χ4v) is 2.42. The Balaban J connectivity index is 2.17. The minimum absolute atomic E-state index is 0.229. The average molecular weight is 240 g/mol. The van der Waals surface area contributed by atoms with E-state index in [1.165, 1.54) is 6.07 Å². The minimum atomic E-state index is -0.229. The summed E-state index contributed by atoms with van der Waals surface area (Å²) in [7, 11) is 0. The highest BCUT2D eigenvalue weighted by Gasteiger charge is 2.15. The standard InChI is InChI=1S/C15H9FO2/c16-11-4-3-9-1-2-10-5-14-15(18-8-17-14)7-13(10)12(9)6-11/h1-7H,8H2. The monoisotopic (exact) mass is 240 g/mol. The van der Waals surface area contributed by atoms with Gasteiger partial charge in [-0.3, -0.25) is 0 Å². The molecular formula is C15H9FO2. The summed E-state index contributed by atoms with van der Waals surface area (Å²) >= 11 is 0. The van der Waals surface area contributed by atoms with E-state index in [0.717, 1.165) is 33.0 Å². The summed E-state index contributed by atoms with van der Waals surface area (Å²) in [5, 5.41) is 3.92. The molecule has 3 aromatic carbocycles. The van der Waals surface area contributed by atoms with Gasteiger partial charge in [0, 0.05) is 0 Å². The summed E-state index contributed by atoms with van der Waals surface area (Å²) < 4.78 is 24.1. The predicted molar refractivity (Wildman–Crippen MR) is 67.5 cm³/mol. The molecule has 3 heteroatoms. The van der Waals surface area contributed by atoms with E-state index in [4.69, 9.17) is 9.47 Å². The Bertz CT molecular complexity index is 780. The Morgan fingerprint density at radius 1 is 0.778 bits per heavy atom. The number of ether oxygens (including phenoxy) is 2. The van der Waals surface area contributed by atoms with E-state index in [9.17, 15) is 4.39 Å². The molecule has 0 radical (unpaired) electrons. The molecule has 2 nitrogen and oxygen atoms in total. The van der Waals surface area contributed by atoms with Crippen LogP contribution in [0.2, 0.25) is 0 Å². The summed E-state index contributed by atoms with van der Waals surface area (Å²) in [5.74, 6) is 1.24. The number of fused-ring (bicyclic) bond motifs is 4. The van der Waals surface area contributed by atoms with Crippen LogP contribution in [-0.2, 0) is 0 Å². The molecule has 88 valence electrons. The molecule has 0 amide bonds. The lowest BCUT2D eigenvalue weighted by atomic mass is 10.0. The Labute approximate surface area is 103 Å². The molecule has 0 saturated carbocycles. The number of halogens is 1. The van der Waals surface area contributed by atoms with Crippen LogP contribution in [0.3, 0.4) is 0 Å². The average Bonchev–Trinajstić information content (AvgIpc) is 2.83. The third-order valence-corrected chi connectivity index (χ3v) is 3.29. The molecule has 0 fully saturated rings. The van der Waals surface area contributed by atoms with Crippen molar-refractivity contribution in [3.05, 3.63) is 48.3 Å². The first-order valence-electron chi connectivity index (χ1n) is 5.73. The molecule has 18 heavy (non-hydrogen) atoms. The highest BCUT2D eigenvalue weighted by atomic mass is 19.1. The lowest BCUT2D eigenvalue weighted by Crippen LogP contribution is -1.92. The lowest BCUT2D eigenvalue weighted by molar-refractivity contribution is 0.174. The Kier molecular flexibility index (Phi) is 1.81. The van der Waals surface area contributed by atoms with E-state index in [-0.39, 0.29) is 12.6 Å². The third-order valence-electron chi connectivity index (χ3n) is 3.29. The van der Waals surface area contributed by atoms with Crippen LogP contribution in [0.4, 0.5) is 4.39 Å². The van der Waals surface area contributed by atoms with E-state index in [0.29, 0.717) is 0 Å². The molecule has 1 heterocycles. The summed E-state index contributed by atoms with van der Waals surface area (Å²) in [4.78, 5) is 0. The quantitative estimate of drug-likeness (QED) is 0.555. The first kappa shape index (κ1) is 9.71. The van der Waals surface area contributed by atoms with Gasteiger partial charge in [0.2, 0.25) is 6.79 Å². The van der Waals surface area contributed by atoms with E-state index in [2.05, 4.69) is 0 Å². The molecule has 0 atom stereocenters. The van der Waals surface area contributed by atoms with Crippen LogP contribution in [-0.4, -0.2) is 6.79 Å². The van der Waals surface area contributed by atoms with E-state index in [1.807, 2.05) is 24.3 Å². The summed E-state index contributed by atoms with van der Waals surface area (Å²) in [6, 6.07) is 12.7. The molecule has 0 unspecified atom stereocenters. The molecule has 3 aromatic rings. The van der Waals surface area contributed by atoms with Crippen molar-refractivity contribution in [1.29, 1.82) is 0 Å². The summed E-state index contributed by atoms with van der Waals surface area (Å²) in [6.45, 7) is 0.248. The Morgan fingerprint density at radius 2 is 1.44 bits per heavy atom. The molecule has 1 aliphatic heterocycles. The SMILES string of the molecule is Fc1ccc2ccc3cc4c(cc3c2c1)OCO4. The number of benzene rings is 3. The van der Waals surface area contributed by atoms with Crippen LogP contribution in [0, 0.1) is 5.82 Å². The minimum Gasteiger partial charge on any atom is -0.454 e. The maximum atomic E-state index is 13.4. The van der Waals surface area contributed by atoms with Gasteiger partial charge in [0.05, 0.1) is 0 Å². The summed E-state index contributed by atoms with van der Waals surface area (Å²) in [5.41, 5.74) is 0. The molecule has 0 saturated heterocycles. The largest absolute Gasteiger partial charge is 0.454 e. The fraction of sp³-hybridized carbons (Fsp3) is 0.0667. The Hall–Kier alpha value is -2.29. The third kappa shape index (κ3) is 1.27. The number of hydrogen-bond acceptors (Lipinski definition) is 2. The van der Waals surface area contributed by atoms with Crippen molar-refractivity contribution in [2.45, 2.75) is 0 Å². The van der Waals surface area contributed by atoms with Crippen molar-refractivity contribution in [2.24, 2.45) is 0 Å². The molecule has 0 aliphatic carbocycles. The fourth-order valence-electron chi connectivity index (χ4n) is 2.42. The zero-order valence-electron chi connectivity index (χ0n) is 9.44. The van der Waals surface area contributed by atoms with Gasteiger partial charge in [-0.1, -0.05) is 18.2 Å². The van der Waals surface area contributed by atoms with Gasteiger partial charge in [-0.25, -0.2) is 4.39 Å². The predicted octanol–water partition coefficient (Wildman–Crippen LogP) is 3.86. The topological polar surface area (TPSA) is 18.5 Å². The van der Waals surface area contributed by atoms with Gasteiger partial charge in [0.1, 0.15) is 5.82 Å². The molecule has 0 N–H and O–H groups in total. The van der Waals surface area contributed by atoms with Crippen molar-refractivity contribution >= 4 is 21.5 Å². The first-order chi connectivity index (χ1) is 8.81. The Morgan fingerprint density at radius 3 is 2.33 bits per heavy atom. The van der Waals surface area contributed by atoms with Crippen LogP contribution < -0.4 is 9.47 Å². The van der Waals surface area contributed by atoms with Crippen molar-refractivity contribution in [3.63, 3.8) is 0 Å². The van der Waals surface area contributed by atoms with Gasteiger partial charge in [0.25, 0.3) is 0 Å². The first-order valence-corrected chi connectivity index (χ1v) is 5.73. The normalized spacial score (nSPS) is 13.4. The van der Waals surface area contributed by atoms with Crippen LogP contribution in [0.5, 0.6) is 11.5 Å². The number of rotatable bonds is 0. The van der Waals surface area contributed by atoms with E-state index in [1.54, 1.807) is 12.1 Å². The van der Waals surface area contributed by atoms with Crippen molar-refractivity contribution in [1.82, 2.24) is 0 Å². The van der Waals surface area contributed by atoms with Gasteiger partial charge < -0.3 is 9.47 Å². The van der Waals surface area contributed by atoms with Crippen LogP contribution in [0.1, 0.15) is 0 Å². The zero-order chi connectivity index (χ0) is 12.1. The second-order valence-corrected chi connectivity index (χ2v) is 4.36. The van der Waals surface area contributed by atoms with Crippen molar-refractivity contribution in [2.75, 3.05) is 6.79 Å². The maximum absolute atomic E-state index is 13.4. The second-order valence-electron chi connectivity index (χ2n) is 4.36. The van der Waals surface area contributed by atoms with Gasteiger partial charge >= 0.3 is 0 Å². The highest BCUT2D eigenvalue weighted by molar-refractivity contribution is 6.08. The van der Waals surface area contributed by atoms with Gasteiger partial charge in [-0.2, -0.15) is 0 Å². The van der Waals surface area contributed by atoms with Crippen LogP contribution >= 0.6 is 0 Å². The second kappa shape index (κ2) is 3.35. The molecule has 1 aliphatic rings. The van der Waals surface area contributed by atoms with Gasteiger partial charge in [0.15, 0.2) is 11.5 Å². The molecular weight excluding hydrogens is 231 g/mol. The van der Waals surface area contributed by atoms with Gasteiger partial charge in [-0.15, -0.1) is 0 Å². The highest BCUT2D eigenvalue weighted by Crippen LogP contribution is 2.38. The zero-order valence-corrected chi connectivity index (χ0v) is 9.44. The van der Waals surface area contributed by atoms with E-state index >= 15 is 0 Å². The maximum Gasteiger partial charge on any atom is 0.231 e. The van der Waals surface area contributed by atoms with E-state index < -0.39 is 0 Å². The molecule has 0 aromatic heterocycles. The van der Waals surface area contributed by atoms with Crippen LogP contribution in [0.15, 0.2) is 42.5 Å². The lowest BCUT2D eigenvalue weighted by Gasteiger charge is -2.05. The number of hydrogen-bond donors (Lipinski definition) is 0. The molecule has 4 rings (SSSR count). The van der Waals surface area contributed by atoms with Crippen molar-refractivity contribution < 1.29 is 13.9 Å². The summed E-state index contributed by atoms with van der Waals surface area (Å²) in [6.07, 6.45) is 0. The van der Waals surface area contributed by atoms with Crippen molar-refractivity contribution in [3.8, 4) is 11.5 Å². The molecule has 0 bridgehead atoms. The molecule has 0 spiro atoms. The smallest absolute Gasteiger partial charge is 0.231 e. The van der Waals surface area contributed by atoms with Gasteiger partial charge in [-0.05, 0) is 45.8 Å².